The van der Waals surface area contributed by atoms with Crippen molar-refractivity contribution < 1.29 is 13.5 Å². The summed E-state index contributed by atoms with van der Waals surface area (Å²) in [6.07, 6.45) is 0.169. The van der Waals surface area contributed by atoms with Gasteiger partial charge in [0.25, 0.3) is 0 Å². The monoisotopic (exact) mass is 360 g/mol. The molecule has 0 saturated heterocycles. The minimum atomic E-state index is -1.08. The van der Waals surface area contributed by atoms with Gasteiger partial charge in [0.05, 0.1) is 24.6 Å². The van der Waals surface area contributed by atoms with Gasteiger partial charge in [-0.25, -0.2) is 18.8 Å². The molecule has 26 heavy (non-hydrogen) atoms. The molecule has 0 radical (unpaired) electrons. The number of aryl methyl sites for hydroxylation is 1. The number of benzene rings is 1. The highest BCUT2D eigenvalue weighted by Gasteiger charge is 2.20. The number of halogens is 2. The highest BCUT2D eigenvalue weighted by atomic mass is 19.1. The van der Waals surface area contributed by atoms with E-state index in [2.05, 4.69) is 20.5 Å². The molecule has 136 valence electrons. The fourth-order valence-corrected chi connectivity index (χ4v) is 2.72. The molecule has 0 saturated carbocycles. The Balaban J connectivity index is 2.19. The number of hydrogen-bond donors (Lipinski definition) is 2. The van der Waals surface area contributed by atoms with E-state index in [1.54, 1.807) is 25.1 Å². The Labute approximate surface area is 148 Å². The van der Waals surface area contributed by atoms with Gasteiger partial charge in [-0.05, 0) is 31.5 Å². The summed E-state index contributed by atoms with van der Waals surface area (Å²) in [6, 6.07) is 4.82. The predicted molar refractivity (Wildman–Crippen MR) is 93.5 cm³/mol. The average Bonchev–Trinajstić information content (AvgIpc) is 2.94. The van der Waals surface area contributed by atoms with Gasteiger partial charge in [-0.1, -0.05) is 6.07 Å². The van der Waals surface area contributed by atoms with Crippen LogP contribution in [0.1, 0.15) is 12.7 Å². The van der Waals surface area contributed by atoms with Crippen LogP contribution in [0, 0.1) is 18.3 Å². The molecule has 0 fully saturated rings. The molecule has 1 aromatic carbocycles. The first-order valence-corrected chi connectivity index (χ1v) is 7.94. The summed E-state index contributed by atoms with van der Waals surface area (Å²) in [5, 5.41) is 10.5. The van der Waals surface area contributed by atoms with E-state index in [0.29, 0.717) is 28.3 Å². The van der Waals surface area contributed by atoms with Gasteiger partial charge in [-0.3, -0.25) is 0 Å². The van der Waals surface area contributed by atoms with E-state index >= 15 is 0 Å². The van der Waals surface area contributed by atoms with Crippen LogP contribution in [0.3, 0.4) is 0 Å². The third kappa shape index (κ3) is 3.19. The molecule has 3 rings (SSSR count). The first-order valence-electron chi connectivity index (χ1n) is 7.94. The van der Waals surface area contributed by atoms with Gasteiger partial charge in [0.15, 0.2) is 5.82 Å². The summed E-state index contributed by atoms with van der Waals surface area (Å²) in [6.45, 7) is 3.15. The van der Waals surface area contributed by atoms with Crippen molar-refractivity contribution in [1.29, 1.82) is 5.53 Å². The van der Waals surface area contributed by atoms with Crippen LogP contribution in [-0.2, 0) is 0 Å². The van der Waals surface area contributed by atoms with Crippen LogP contribution in [0.15, 0.2) is 29.5 Å². The van der Waals surface area contributed by atoms with Crippen LogP contribution in [0.2, 0.25) is 0 Å². The molecule has 0 unspecified atom stereocenters. The third-order valence-corrected chi connectivity index (χ3v) is 3.83. The molecular formula is C17H18F2N6O. The SMILES string of the molecule is COc1nc(C)nn2cc(F)c(-c3ccc(N=N)c(NC[C@@H](C)F)c3)c12. The van der Waals surface area contributed by atoms with Gasteiger partial charge >= 0.3 is 0 Å². The van der Waals surface area contributed by atoms with E-state index in [1.807, 2.05) is 0 Å². The Hall–Kier alpha value is -3.10. The molecule has 0 aliphatic rings. The smallest absolute Gasteiger partial charge is 0.242 e. The number of rotatable bonds is 6. The summed E-state index contributed by atoms with van der Waals surface area (Å²) in [4.78, 5) is 4.20. The van der Waals surface area contributed by atoms with Crippen LogP contribution in [-0.4, -0.2) is 34.4 Å². The van der Waals surface area contributed by atoms with E-state index in [9.17, 15) is 8.78 Å². The molecule has 7 nitrogen and oxygen atoms in total. The Morgan fingerprint density at radius 2 is 2.19 bits per heavy atom. The zero-order chi connectivity index (χ0) is 18.8. The molecule has 0 amide bonds. The molecule has 0 aliphatic heterocycles. The van der Waals surface area contributed by atoms with Gasteiger partial charge in [-0.15, -0.1) is 0 Å². The number of nitrogens with zero attached hydrogens (tertiary/aromatic N) is 4. The molecule has 2 aromatic heterocycles. The van der Waals surface area contributed by atoms with E-state index in [-0.39, 0.29) is 18.0 Å². The molecule has 3 aromatic rings. The van der Waals surface area contributed by atoms with Gasteiger partial charge in [0, 0.05) is 6.54 Å². The number of hydrogen-bond acceptors (Lipinski definition) is 6. The van der Waals surface area contributed by atoms with Crippen LogP contribution in [0.4, 0.5) is 20.2 Å². The van der Waals surface area contributed by atoms with E-state index in [4.69, 9.17) is 10.3 Å². The lowest BCUT2D eigenvalue weighted by Crippen LogP contribution is -2.11. The summed E-state index contributed by atoms with van der Waals surface area (Å²) in [5.74, 6) is 0.194. The van der Waals surface area contributed by atoms with Crippen molar-refractivity contribution in [2.24, 2.45) is 5.11 Å². The first kappa shape index (κ1) is 17.7. The molecule has 1 atom stereocenters. The molecule has 0 bridgehead atoms. The van der Waals surface area contributed by atoms with Gasteiger partial charge in [-0.2, -0.15) is 15.2 Å². The number of nitrogens with one attached hydrogen (secondary N) is 2. The maximum absolute atomic E-state index is 14.7. The standard InChI is InChI=1S/C17H18F2N6O/c1-9(18)7-21-14-6-11(4-5-13(14)23-20)15-12(19)8-25-16(15)17(26-3)22-10(2)24-25/h4-6,8-9,20-21H,7H2,1-3H3/t9-/m1/s1. The molecule has 0 aliphatic carbocycles. The first-order chi connectivity index (χ1) is 12.4. The summed E-state index contributed by atoms with van der Waals surface area (Å²) in [5.41, 5.74) is 9.17. The molecule has 2 N–H and O–H groups in total. The number of aromatic nitrogens is 3. The summed E-state index contributed by atoms with van der Waals surface area (Å²) >= 11 is 0. The average molecular weight is 360 g/mol. The fourth-order valence-electron chi connectivity index (χ4n) is 2.72. The maximum Gasteiger partial charge on any atom is 0.242 e. The van der Waals surface area contributed by atoms with Crippen LogP contribution < -0.4 is 10.1 Å². The number of ether oxygens (including phenoxy) is 1. The minimum absolute atomic E-state index is 0.0522. The number of fused-ring (bicyclic) bond motifs is 1. The lowest BCUT2D eigenvalue weighted by atomic mass is 10.0. The van der Waals surface area contributed by atoms with Crippen LogP contribution in [0.5, 0.6) is 5.88 Å². The summed E-state index contributed by atoms with van der Waals surface area (Å²) < 4.78 is 34.5. The van der Waals surface area contributed by atoms with Gasteiger partial charge < -0.3 is 10.1 Å². The molecule has 0 spiro atoms. The van der Waals surface area contributed by atoms with Crippen molar-refractivity contribution in [1.82, 2.24) is 14.6 Å². The van der Waals surface area contributed by atoms with Crippen molar-refractivity contribution in [3.05, 3.63) is 36.0 Å². The van der Waals surface area contributed by atoms with E-state index in [0.717, 1.165) is 0 Å². The zero-order valence-electron chi connectivity index (χ0n) is 14.5. The second-order valence-electron chi connectivity index (χ2n) is 5.82. The van der Waals surface area contributed by atoms with Crippen LogP contribution >= 0.6 is 0 Å². The van der Waals surface area contributed by atoms with Crippen molar-refractivity contribution >= 4 is 16.9 Å². The maximum atomic E-state index is 14.7. The highest BCUT2D eigenvalue weighted by Crippen LogP contribution is 2.37. The third-order valence-electron chi connectivity index (χ3n) is 3.83. The molecule has 9 heteroatoms. The van der Waals surface area contributed by atoms with Crippen LogP contribution in [0.25, 0.3) is 16.6 Å². The van der Waals surface area contributed by atoms with Crippen molar-refractivity contribution in [2.45, 2.75) is 20.0 Å². The molecule has 2 heterocycles. The topological polar surface area (TPSA) is 87.7 Å². The lowest BCUT2D eigenvalue weighted by molar-refractivity contribution is 0.378. The van der Waals surface area contributed by atoms with Crippen molar-refractivity contribution in [2.75, 3.05) is 19.0 Å². The Morgan fingerprint density at radius 1 is 1.42 bits per heavy atom. The Morgan fingerprint density at radius 3 is 2.85 bits per heavy atom. The van der Waals surface area contributed by atoms with Gasteiger partial charge in [0.2, 0.25) is 5.88 Å². The molecular weight excluding hydrogens is 342 g/mol. The Bertz CT molecular complexity index is 970. The second kappa shape index (κ2) is 7.03. The lowest BCUT2D eigenvalue weighted by Gasteiger charge is -2.12. The highest BCUT2D eigenvalue weighted by molar-refractivity contribution is 5.87. The van der Waals surface area contributed by atoms with Crippen molar-refractivity contribution in [3.8, 4) is 17.0 Å². The van der Waals surface area contributed by atoms with Crippen molar-refractivity contribution in [3.63, 3.8) is 0 Å². The fraction of sp³-hybridized carbons (Fsp3) is 0.294. The zero-order valence-corrected chi connectivity index (χ0v) is 14.5. The minimum Gasteiger partial charge on any atom is -0.479 e. The predicted octanol–water partition coefficient (Wildman–Crippen LogP) is 4.28. The van der Waals surface area contributed by atoms with Gasteiger partial charge in [0.1, 0.15) is 23.2 Å². The number of anilines is 1. The normalized spacial score (nSPS) is 12.2. The largest absolute Gasteiger partial charge is 0.479 e. The summed E-state index contributed by atoms with van der Waals surface area (Å²) in [7, 11) is 1.45. The van der Waals surface area contributed by atoms with E-state index < -0.39 is 12.0 Å². The van der Waals surface area contributed by atoms with E-state index in [1.165, 1.54) is 24.7 Å². The Kier molecular flexibility index (Phi) is 4.79. The quantitative estimate of drug-likeness (QED) is 0.642. The number of methoxy groups -OCH3 is 1. The second-order valence-corrected chi connectivity index (χ2v) is 5.82. The number of alkyl halides is 1.